The molecule has 2 unspecified atom stereocenters. The van der Waals surface area contributed by atoms with Gasteiger partial charge in [-0.15, -0.1) is 0 Å². The highest BCUT2D eigenvalue weighted by atomic mass is 32.2. The van der Waals surface area contributed by atoms with Crippen molar-refractivity contribution in [2.24, 2.45) is 16.1 Å². The Bertz CT molecular complexity index is 1270. The monoisotopic (exact) mass is 526 g/mol. The van der Waals surface area contributed by atoms with Gasteiger partial charge in [-0.25, -0.2) is 8.42 Å². The molecule has 0 saturated carbocycles. The van der Waals surface area contributed by atoms with Gasteiger partial charge in [0.2, 0.25) is 10.0 Å². The third kappa shape index (κ3) is 5.73. The van der Waals surface area contributed by atoms with Crippen LogP contribution in [0.2, 0.25) is 0 Å². The van der Waals surface area contributed by atoms with Crippen molar-refractivity contribution in [3.05, 3.63) is 29.5 Å². The Morgan fingerprint density at radius 3 is 2.46 bits per heavy atom. The Morgan fingerprint density at radius 2 is 1.91 bits per heavy atom. The smallest absolute Gasteiger partial charge is 0.346 e. The van der Waals surface area contributed by atoms with Gasteiger partial charge in [0.1, 0.15) is 11.3 Å². The number of aliphatic hydroxyl groups excluding tert-OH is 1. The van der Waals surface area contributed by atoms with Crippen molar-refractivity contribution in [1.29, 1.82) is 0 Å². The van der Waals surface area contributed by atoms with Crippen molar-refractivity contribution in [2.45, 2.75) is 59.9 Å². The molecule has 0 bridgehead atoms. The third-order valence-corrected chi connectivity index (χ3v) is 8.11. The lowest BCUT2D eigenvalue weighted by atomic mass is 9.86. The molecule has 2 aliphatic rings. The van der Waals surface area contributed by atoms with Gasteiger partial charge in [-0.05, 0) is 49.3 Å². The molecule has 35 heavy (non-hydrogen) atoms. The molecular weight excluding hydrogens is 491 g/mol. The van der Waals surface area contributed by atoms with Crippen molar-refractivity contribution in [1.82, 2.24) is 4.90 Å². The minimum absolute atomic E-state index is 0.0462. The molecule has 0 fully saturated rings. The molecule has 3 rings (SSSR count). The lowest BCUT2D eigenvalue weighted by Gasteiger charge is -2.38. The molecule has 0 aliphatic carbocycles. The van der Waals surface area contributed by atoms with Crippen LogP contribution in [0.1, 0.15) is 54.4 Å². The van der Waals surface area contributed by atoms with E-state index in [-0.39, 0.29) is 45.2 Å². The maximum atomic E-state index is 13.6. The van der Waals surface area contributed by atoms with Crippen molar-refractivity contribution in [3.8, 4) is 0 Å². The fraction of sp³-hybridized carbons (Fsp3) is 0.565. The summed E-state index contributed by atoms with van der Waals surface area (Å²) in [5.74, 6) is -0.656. The summed E-state index contributed by atoms with van der Waals surface area (Å²) in [6, 6.07) is 4.09. The number of nitrogens with one attached hydrogen (secondary N) is 2. The van der Waals surface area contributed by atoms with Crippen LogP contribution in [0.5, 0.6) is 0 Å². The molecular formula is C23H35N4O6PS. The summed E-state index contributed by atoms with van der Waals surface area (Å²) in [5, 5.41) is 14.1. The Labute approximate surface area is 207 Å². The quantitative estimate of drug-likeness (QED) is 0.397. The number of benzene rings is 1. The molecule has 2 heterocycles. The molecule has 0 radical (unpaired) electrons. The molecule has 194 valence electrons. The molecule has 1 amide bonds. The van der Waals surface area contributed by atoms with E-state index in [1.807, 2.05) is 13.8 Å². The number of carbonyl (C=O) groups is 1. The van der Waals surface area contributed by atoms with Crippen molar-refractivity contribution in [2.75, 3.05) is 22.8 Å². The number of hydrogen-bond acceptors (Lipinski definition) is 6. The second kappa shape index (κ2) is 8.94. The standard InChI is InChI=1S/C23H35N4O6PS/c1-14(2)13-23(6)19(28)18(21(29)27(23)11-10-22(3,4)5)20-24-16-9-8-15(26-35(7,32)33)12-17(16)34(30,31)25-20/h8-9,12,14,26,28H,10-11,13H2,1-7H3,(H2,24,25,30,31). The summed E-state index contributed by atoms with van der Waals surface area (Å²) in [7, 11) is -7.98. The number of nitrogens with zero attached hydrogens (tertiary/aromatic N) is 2. The molecule has 4 N–H and O–H groups in total. The summed E-state index contributed by atoms with van der Waals surface area (Å²) in [4.78, 5) is 26.0. The van der Waals surface area contributed by atoms with Crippen LogP contribution >= 0.6 is 7.52 Å². The number of amidine groups is 1. The Morgan fingerprint density at radius 1 is 1.29 bits per heavy atom. The van der Waals surface area contributed by atoms with Gasteiger partial charge in [0.25, 0.3) is 5.91 Å². The molecule has 0 saturated heterocycles. The topological polar surface area (TPSA) is 148 Å². The minimum Gasteiger partial charge on any atom is -0.509 e. The lowest BCUT2D eigenvalue weighted by Crippen LogP contribution is -2.48. The molecule has 0 aromatic heterocycles. The van der Waals surface area contributed by atoms with E-state index in [1.54, 1.807) is 11.8 Å². The average Bonchev–Trinajstić information content (AvgIpc) is 2.83. The first-order valence-corrected chi connectivity index (χ1v) is 14.9. The molecule has 2 aliphatic heterocycles. The molecule has 2 atom stereocenters. The fourth-order valence-corrected chi connectivity index (χ4v) is 6.31. The maximum absolute atomic E-state index is 13.6. The predicted molar refractivity (Wildman–Crippen MR) is 139 cm³/mol. The van der Waals surface area contributed by atoms with Gasteiger partial charge < -0.3 is 20.2 Å². The number of aliphatic hydroxyl groups is 1. The second-order valence-corrected chi connectivity index (χ2v) is 14.6. The van der Waals surface area contributed by atoms with Crippen LogP contribution in [0.15, 0.2) is 34.3 Å². The van der Waals surface area contributed by atoms with Crippen LogP contribution in [-0.4, -0.2) is 53.4 Å². The summed E-state index contributed by atoms with van der Waals surface area (Å²) >= 11 is 0. The summed E-state index contributed by atoms with van der Waals surface area (Å²) in [6.45, 7) is 12.4. The van der Waals surface area contributed by atoms with Crippen LogP contribution in [0.25, 0.3) is 0 Å². The highest BCUT2D eigenvalue weighted by Gasteiger charge is 2.51. The van der Waals surface area contributed by atoms with E-state index < -0.39 is 29.0 Å². The number of amides is 1. The van der Waals surface area contributed by atoms with Gasteiger partial charge in [0.05, 0.1) is 22.8 Å². The van der Waals surface area contributed by atoms with Crippen LogP contribution in [0, 0.1) is 11.3 Å². The van der Waals surface area contributed by atoms with Gasteiger partial charge >= 0.3 is 7.52 Å². The molecule has 12 heteroatoms. The number of rotatable bonds is 7. The van der Waals surface area contributed by atoms with Crippen LogP contribution < -0.4 is 15.3 Å². The SMILES string of the molecule is CC(C)CC1(C)C(O)=C(C2=NP(=O)(O)c3cc(NS(C)(=O)=O)ccc3N2)C(=O)N1CCC(C)(C)C. The van der Waals surface area contributed by atoms with E-state index >= 15 is 0 Å². The number of fused-ring (bicyclic) bond motifs is 1. The first-order chi connectivity index (χ1) is 15.8. The highest BCUT2D eigenvalue weighted by Crippen LogP contribution is 2.49. The molecule has 1 aromatic rings. The summed E-state index contributed by atoms with van der Waals surface area (Å²) < 4.78 is 42.5. The van der Waals surface area contributed by atoms with Gasteiger partial charge in [0, 0.05) is 12.2 Å². The fourth-order valence-electron chi connectivity index (χ4n) is 4.48. The normalized spacial score (nSPS) is 25.0. The Hall–Kier alpha value is -2.36. The van der Waals surface area contributed by atoms with Crippen molar-refractivity contribution in [3.63, 3.8) is 0 Å². The van der Waals surface area contributed by atoms with E-state index in [2.05, 4.69) is 35.6 Å². The van der Waals surface area contributed by atoms with Gasteiger partial charge in [0.15, 0.2) is 5.84 Å². The average molecular weight is 527 g/mol. The van der Waals surface area contributed by atoms with Crippen molar-refractivity contribution >= 4 is 46.0 Å². The predicted octanol–water partition coefficient (Wildman–Crippen LogP) is 3.59. The van der Waals surface area contributed by atoms with Crippen LogP contribution in [0.4, 0.5) is 11.4 Å². The van der Waals surface area contributed by atoms with E-state index in [9.17, 15) is 27.8 Å². The highest BCUT2D eigenvalue weighted by molar-refractivity contribution is 7.92. The lowest BCUT2D eigenvalue weighted by molar-refractivity contribution is -0.130. The van der Waals surface area contributed by atoms with E-state index in [0.29, 0.717) is 19.4 Å². The van der Waals surface area contributed by atoms with E-state index in [1.165, 1.54) is 18.2 Å². The summed E-state index contributed by atoms with van der Waals surface area (Å²) in [6.07, 6.45) is 2.17. The third-order valence-electron chi connectivity index (χ3n) is 6.03. The van der Waals surface area contributed by atoms with E-state index in [0.717, 1.165) is 6.26 Å². The molecule has 1 aromatic carbocycles. The number of anilines is 2. The zero-order chi connectivity index (χ0) is 26.6. The zero-order valence-electron chi connectivity index (χ0n) is 21.2. The minimum atomic E-state index is -4.39. The van der Waals surface area contributed by atoms with Crippen molar-refractivity contribution < 1.29 is 27.8 Å². The Kier molecular flexibility index (Phi) is 6.96. The van der Waals surface area contributed by atoms with Gasteiger partial charge in [-0.3, -0.25) is 14.1 Å². The van der Waals surface area contributed by atoms with Gasteiger partial charge in [-0.2, -0.15) is 4.76 Å². The second-order valence-electron chi connectivity index (χ2n) is 11.1. The first kappa shape index (κ1) is 27.2. The Balaban J connectivity index is 2.05. The van der Waals surface area contributed by atoms with Crippen LogP contribution in [0.3, 0.4) is 0 Å². The van der Waals surface area contributed by atoms with E-state index in [4.69, 9.17) is 0 Å². The summed E-state index contributed by atoms with van der Waals surface area (Å²) in [5.41, 5.74) is -0.848. The molecule has 10 nitrogen and oxygen atoms in total. The zero-order valence-corrected chi connectivity index (χ0v) is 22.9. The molecule has 0 spiro atoms. The number of carbonyl (C=O) groups excluding carboxylic acids is 1. The largest absolute Gasteiger partial charge is 0.509 e. The van der Waals surface area contributed by atoms with Crippen LogP contribution in [-0.2, 0) is 19.4 Å². The maximum Gasteiger partial charge on any atom is 0.346 e. The number of hydrogen-bond donors (Lipinski definition) is 4. The van der Waals surface area contributed by atoms with Gasteiger partial charge in [-0.1, -0.05) is 34.6 Å². The number of sulfonamides is 1. The first-order valence-electron chi connectivity index (χ1n) is 11.4.